The first-order valence-electron chi connectivity index (χ1n) is 5.02. The molecule has 2 rings (SSSR count). The van der Waals surface area contributed by atoms with E-state index in [9.17, 15) is 4.79 Å². The van der Waals surface area contributed by atoms with Gasteiger partial charge in [-0.1, -0.05) is 11.6 Å². The number of hydrogen-bond acceptors (Lipinski definition) is 2. The van der Waals surface area contributed by atoms with Gasteiger partial charge in [-0.05, 0) is 42.5 Å². The molecule has 0 atom stereocenters. The number of carbonyl (C=O) groups is 1. The fraction of sp³-hybridized carbons (Fsp3) is 0. The van der Waals surface area contributed by atoms with Crippen molar-refractivity contribution in [2.75, 3.05) is 5.32 Å². The third-order valence-electron chi connectivity index (χ3n) is 2.05. The van der Waals surface area contributed by atoms with Crippen LogP contribution in [-0.4, -0.2) is 5.91 Å². The van der Waals surface area contributed by atoms with Gasteiger partial charge in [0, 0.05) is 16.8 Å². The summed E-state index contributed by atoms with van der Waals surface area (Å²) in [4.78, 5) is 11.5. The minimum absolute atomic E-state index is 0.219. The number of carbonyl (C=O) groups excluding carboxylic acids is 1. The predicted octanol–water partition coefficient (Wildman–Crippen LogP) is 3.58. The highest BCUT2D eigenvalue weighted by Crippen LogP contribution is 2.13. The highest BCUT2D eigenvalue weighted by Gasteiger charge is 1.98. The van der Waals surface area contributed by atoms with E-state index in [4.69, 9.17) is 16.0 Å². The first-order chi connectivity index (χ1) is 8.24. The third-order valence-corrected chi connectivity index (χ3v) is 2.31. The number of hydrogen-bond donors (Lipinski definition) is 1. The maximum absolute atomic E-state index is 11.5. The Morgan fingerprint density at radius 3 is 2.65 bits per heavy atom. The number of nitrogens with one attached hydrogen (secondary N) is 1. The second kappa shape index (κ2) is 5.37. The molecule has 1 aromatic carbocycles. The topological polar surface area (TPSA) is 42.2 Å². The molecule has 0 bridgehead atoms. The van der Waals surface area contributed by atoms with Crippen molar-refractivity contribution in [3.05, 3.63) is 59.5 Å². The molecule has 17 heavy (non-hydrogen) atoms. The Balaban J connectivity index is 1.95. The predicted molar refractivity (Wildman–Crippen MR) is 67.8 cm³/mol. The molecule has 1 aromatic heterocycles. The first kappa shape index (κ1) is 11.5. The van der Waals surface area contributed by atoms with E-state index in [1.54, 1.807) is 48.7 Å². The SMILES string of the molecule is O=C(/C=C\c1ccco1)Nc1ccc(Cl)cc1. The van der Waals surface area contributed by atoms with Gasteiger partial charge in [-0.3, -0.25) is 4.79 Å². The van der Waals surface area contributed by atoms with E-state index in [1.807, 2.05) is 0 Å². The molecule has 2 aromatic rings. The molecule has 4 heteroatoms. The molecule has 1 N–H and O–H groups in total. The molecule has 0 radical (unpaired) electrons. The van der Waals surface area contributed by atoms with E-state index in [1.165, 1.54) is 6.08 Å². The van der Waals surface area contributed by atoms with Crippen molar-refractivity contribution in [3.8, 4) is 0 Å². The second-order valence-corrected chi connectivity index (χ2v) is 3.78. The summed E-state index contributed by atoms with van der Waals surface area (Å²) in [6.07, 6.45) is 4.56. The lowest BCUT2D eigenvalue weighted by molar-refractivity contribution is -0.111. The van der Waals surface area contributed by atoms with E-state index in [0.29, 0.717) is 16.5 Å². The van der Waals surface area contributed by atoms with Crippen LogP contribution in [0.1, 0.15) is 5.76 Å². The number of anilines is 1. The maximum atomic E-state index is 11.5. The highest BCUT2D eigenvalue weighted by molar-refractivity contribution is 6.30. The Labute approximate surface area is 104 Å². The summed E-state index contributed by atoms with van der Waals surface area (Å²) in [5, 5.41) is 3.34. The zero-order valence-corrected chi connectivity index (χ0v) is 9.65. The summed E-state index contributed by atoms with van der Waals surface area (Å²) in [5.41, 5.74) is 0.698. The van der Waals surface area contributed by atoms with E-state index in [-0.39, 0.29) is 5.91 Å². The van der Waals surface area contributed by atoms with Gasteiger partial charge in [0.2, 0.25) is 5.91 Å². The lowest BCUT2D eigenvalue weighted by Crippen LogP contribution is -2.07. The van der Waals surface area contributed by atoms with Gasteiger partial charge >= 0.3 is 0 Å². The Morgan fingerprint density at radius 2 is 2.00 bits per heavy atom. The molecule has 0 aliphatic carbocycles. The number of rotatable bonds is 3. The van der Waals surface area contributed by atoms with Crippen molar-refractivity contribution in [3.63, 3.8) is 0 Å². The molecule has 0 fully saturated rings. The molecule has 86 valence electrons. The summed E-state index contributed by atoms with van der Waals surface area (Å²) in [7, 11) is 0. The van der Waals surface area contributed by atoms with Crippen LogP contribution in [0.3, 0.4) is 0 Å². The van der Waals surface area contributed by atoms with Gasteiger partial charge in [0.05, 0.1) is 6.26 Å². The van der Waals surface area contributed by atoms with Gasteiger partial charge in [-0.2, -0.15) is 0 Å². The summed E-state index contributed by atoms with van der Waals surface area (Å²) in [6.45, 7) is 0. The molecule has 0 saturated heterocycles. The zero-order valence-electron chi connectivity index (χ0n) is 8.89. The number of benzene rings is 1. The Hall–Kier alpha value is -2.00. The zero-order chi connectivity index (χ0) is 12.1. The van der Waals surface area contributed by atoms with Crippen LogP contribution < -0.4 is 5.32 Å². The second-order valence-electron chi connectivity index (χ2n) is 3.34. The van der Waals surface area contributed by atoms with Crippen LogP contribution in [0.15, 0.2) is 53.2 Å². The number of furan rings is 1. The standard InChI is InChI=1S/C13H10ClNO2/c14-10-3-5-11(6-4-10)15-13(16)8-7-12-2-1-9-17-12/h1-9H,(H,15,16)/b8-7-. The first-order valence-corrected chi connectivity index (χ1v) is 5.40. The average Bonchev–Trinajstić information content (AvgIpc) is 2.83. The largest absolute Gasteiger partial charge is 0.465 e. The molecule has 1 heterocycles. The smallest absolute Gasteiger partial charge is 0.248 e. The summed E-state index contributed by atoms with van der Waals surface area (Å²) < 4.78 is 5.07. The van der Waals surface area contributed by atoms with Crippen LogP contribution in [0.4, 0.5) is 5.69 Å². The fourth-order valence-electron chi connectivity index (χ4n) is 1.26. The van der Waals surface area contributed by atoms with Crippen molar-refractivity contribution < 1.29 is 9.21 Å². The summed E-state index contributed by atoms with van der Waals surface area (Å²) in [5.74, 6) is 0.417. The van der Waals surface area contributed by atoms with E-state index < -0.39 is 0 Å². The van der Waals surface area contributed by atoms with Crippen LogP contribution in [-0.2, 0) is 4.79 Å². The molecule has 1 amide bonds. The maximum Gasteiger partial charge on any atom is 0.248 e. The van der Waals surface area contributed by atoms with E-state index in [2.05, 4.69) is 5.32 Å². The number of halogens is 1. The molecule has 0 saturated carbocycles. The quantitative estimate of drug-likeness (QED) is 0.843. The Kier molecular flexibility index (Phi) is 3.62. The average molecular weight is 248 g/mol. The number of amides is 1. The van der Waals surface area contributed by atoms with Crippen LogP contribution >= 0.6 is 11.6 Å². The molecule has 0 spiro atoms. The van der Waals surface area contributed by atoms with Crippen molar-refractivity contribution in [1.82, 2.24) is 0 Å². The van der Waals surface area contributed by atoms with Gasteiger partial charge < -0.3 is 9.73 Å². The van der Waals surface area contributed by atoms with Crippen molar-refractivity contribution in [1.29, 1.82) is 0 Å². The minimum Gasteiger partial charge on any atom is -0.465 e. The van der Waals surface area contributed by atoms with Crippen molar-refractivity contribution in [2.24, 2.45) is 0 Å². The third kappa shape index (κ3) is 3.50. The molecule has 0 unspecified atom stereocenters. The van der Waals surface area contributed by atoms with Crippen LogP contribution in [0.2, 0.25) is 5.02 Å². The van der Waals surface area contributed by atoms with Gasteiger partial charge in [-0.15, -0.1) is 0 Å². The molecule has 0 aliphatic rings. The fourth-order valence-corrected chi connectivity index (χ4v) is 1.39. The lowest BCUT2D eigenvalue weighted by atomic mass is 10.3. The molecule has 3 nitrogen and oxygen atoms in total. The summed E-state index contributed by atoms with van der Waals surface area (Å²) >= 11 is 5.74. The van der Waals surface area contributed by atoms with E-state index in [0.717, 1.165) is 0 Å². The molecule has 0 aliphatic heterocycles. The molecular weight excluding hydrogens is 238 g/mol. The lowest BCUT2D eigenvalue weighted by Gasteiger charge is -2.01. The van der Waals surface area contributed by atoms with Crippen molar-refractivity contribution >= 4 is 29.3 Å². The van der Waals surface area contributed by atoms with Gasteiger partial charge in [0.25, 0.3) is 0 Å². The van der Waals surface area contributed by atoms with Gasteiger partial charge in [0.1, 0.15) is 5.76 Å². The Morgan fingerprint density at radius 1 is 1.24 bits per heavy atom. The van der Waals surface area contributed by atoms with Gasteiger partial charge in [-0.25, -0.2) is 0 Å². The highest BCUT2D eigenvalue weighted by atomic mass is 35.5. The van der Waals surface area contributed by atoms with Crippen LogP contribution in [0, 0.1) is 0 Å². The van der Waals surface area contributed by atoms with Gasteiger partial charge in [0.15, 0.2) is 0 Å². The van der Waals surface area contributed by atoms with Crippen LogP contribution in [0.5, 0.6) is 0 Å². The molecular formula is C13H10ClNO2. The van der Waals surface area contributed by atoms with Crippen LogP contribution in [0.25, 0.3) is 6.08 Å². The summed E-state index contributed by atoms with van der Waals surface area (Å²) in [6, 6.07) is 10.4. The monoisotopic (exact) mass is 247 g/mol. The van der Waals surface area contributed by atoms with E-state index >= 15 is 0 Å². The minimum atomic E-state index is -0.219. The normalized spacial score (nSPS) is 10.6. The van der Waals surface area contributed by atoms with Crippen molar-refractivity contribution in [2.45, 2.75) is 0 Å². The Bertz CT molecular complexity index is 515.